The summed E-state index contributed by atoms with van der Waals surface area (Å²) in [6.45, 7) is -0.304. The standard InChI is InChI=1S/C20H20Cl2N2O5/c1-28-19(26)17(10-14-15(21)8-5-9-16(14)22)24-18(25)11-23-20(27)29-12-13-6-3-2-4-7-13/h2-9,17H,10-12H2,1H3,(H,23,27)(H,24,25)/t17-/m0/s1. The second kappa shape index (κ2) is 11.3. The molecule has 0 spiro atoms. The Morgan fingerprint density at radius 1 is 1.00 bits per heavy atom. The van der Waals surface area contributed by atoms with Crippen LogP contribution in [0.3, 0.4) is 0 Å². The lowest BCUT2D eigenvalue weighted by Crippen LogP contribution is -2.47. The van der Waals surface area contributed by atoms with Gasteiger partial charge in [0.05, 0.1) is 7.11 Å². The third-order valence-electron chi connectivity index (χ3n) is 3.90. The van der Waals surface area contributed by atoms with Gasteiger partial charge >= 0.3 is 12.1 Å². The molecule has 0 aromatic heterocycles. The maximum Gasteiger partial charge on any atom is 0.407 e. The molecule has 0 saturated heterocycles. The van der Waals surface area contributed by atoms with Crippen molar-refractivity contribution in [2.75, 3.05) is 13.7 Å². The summed E-state index contributed by atoms with van der Waals surface area (Å²) in [4.78, 5) is 35.9. The van der Waals surface area contributed by atoms with Gasteiger partial charge in [-0.05, 0) is 23.3 Å². The molecule has 0 heterocycles. The molecule has 1 atom stereocenters. The molecule has 7 nitrogen and oxygen atoms in total. The number of methoxy groups -OCH3 is 1. The predicted octanol–water partition coefficient (Wildman–Crippen LogP) is 3.12. The van der Waals surface area contributed by atoms with Gasteiger partial charge in [0.2, 0.25) is 5.91 Å². The van der Waals surface area contributed by atoms with Crippen LogP contribution in [0.25, 0.3) is 0 Å². The third-order valence-corrected chi connectivity index (χ3v) is 4.61. The first kappa shape index (κ1) is 22.5. The molecule has 2 aromatic rings. The summed E-state index contributed by atoms with van der Waals surface area (Å²) in [5, 5.41) is 5.55. The molecule has 0 saturated carbocycles. The van der Waals surface area contributed by atoms with E-state index in [0.717, 1.165) is 5.56 Å². The van der Waals surface area contributed by atoms with Gasteiger partial charge in [0.1, 0.15) is 19.2 Å². The first-order valence-electron chi connectivity index (χ1n) is 8.65. The number of esters is 1. The van der Waals surface area contributed by atoms with Crippen LogP contribution < -0.4 is 10.6 Å². The smallest absolute Gasteiger partial charge is 0.407 e. The van der Waals surface area contributed by atoms with E-state index in [1.807, 2.05) is 18.2 Å². The minimum atomic E-state index is -1.02. The Labute approximate surface area is 178 Å². The lowest BCUT2D eigenvalue weighted by molar-refractivity contribution is -0.144. The third kappa shape index (κ3) is 7.29. The second-order valence-corrected chi connectivity index (χ2v) is 6.78. The van der Waals surface area contributed by atoms with Crippen LogP contribution >= 0.6 is 23.2 Å². The minimum Gasteiger partial charge on any atom is -0.467 e. The van der Waals surface area contributed by atoms with Crippen molar-refractivity contribution in [1.29, 1.82) is 0 Å². The normalized spacial score (nSPS) is 11.3. The average molecular weight is 439 g/mol. The Morgan fingerprint density at radius 2 is 1.66 bits per heavy atom. The summed E-state index contributed by atoms with van der Waals surface area (Å²) in [5.41, 5.74) is 1.32. The largest absolute Gasteiger partial charge is 0.467 e. The Hall–Kier alpha value is -2.77. The van der Waals surface area contributed by atoms with Crippen molar-refractivity contribution in [2.45, 2.75) is 19.1 Å². The topological polar surface area (TPSA) is 93.7 Å². The van der Waals surface area contributed by atoms with Gasteiger partial charge in [0.15, 0.2) is 0 Å². The van der Waals surface area contributed by atoms with Gasteiger partial charge in [-0.15, -0.1) is 0 Å². The summed E-state index contributed by atoms with van der Waals surface area (Å²) in [7, 11) is 1.20. The van der Waals surface area contributed by atoms with E-state index in [-0.39, 0.29) is 19.6 Å². The molecule has 0 radical (unpaired) electrons. The zero-order chi connectivity index (χ0) is 21.2. The summed E-state index contributed by atoms with van der Waals surface area (Å²) in [6, 6.07) is 13.0. The molecule has 2 rings (SSSR count). The van der Waals surface area contributed by atoms with Crippen molar-refractivity contribution in [3.05, 3.63) is 69.7 Å². The molecular formula is C20H20Cl2N2O5. The number of nitrogens with one attached hydrogen (secondary N) is 2. The number of benzene rings is 2. The fourth-order valence-electron chi connectivity index (χ4n) is 2.44. The number of hydrogen-bond donors (Lipinski definition) is 2. The molecule has 0 unspecified atom stereocenters. The molecule has 2 aromatic carbocycles. The summed E-state index contributed by atoms with van der Waals surface area (Å²) in [5.74, 6) is -1.26. The number of carbonyl (C=O) groups is 3. The van der Waals surface area contributed by atoms with Crippen LogP contribution in [-0.4, -0.2) is 37.7 Å². The Balaban J connectivity index is 1.87. The van der Waals surface area contributed by atoms with Crippen LogP contribution in [0.4, 0.5) is 4.79 Å². The van der Waals surface area contributed by atoms with E-state index in [1.165, 1.54) is 7.11 Å². The summed E-state index contributed by atoms with van der Waals surface area (Å²) >= 11 is 12.2. The van der Waals surface area contributed by atoms with E-state index in [9.17, 15) is 14.4 Å². The monoisotopic (exact) mass is 438 g/mol. The highest BCUT2D eigenvalue weighted by molar-refractivity contribution is 6.36. The van der Waals surface area contributed by atoms with E-state index in [1.54, 1.807) is 30.3 Å². The minimum absolute atomic E-state index is 0.0371. The molecule has 2 amide bonds. The fraction of sp³-hybridized carbons (Fsp3) is 0.250. The predicted molar refractivity (Wildman–Crippen MR) is 109 cm³/mol. The van der Waals surface area contributed by atoms with Crippen molar-refractivity contribution in [1.82, 2.24) is 10.6 Å². The van der Waals surface area contributed by atoms with Crippen molar-refractivity contribution in [3.63, 3.8) is 0 Å². The Bertz CT molecular complexity index is 841. The van der Waals surface area contributed by atoms with Crippen LogP contribution in [0.2, 0.25) is 10.0 Å². The van der Waals surface area contributed by atoms with E-state index in [2.05, 4.69) is 10.6 Å². The van der Waals surface area contributed by atoms with Crippen LogP contribution in [0.15, 0.2) is 48.5 Å². The Morgan fingerprint density at radius 3 is 2.28 bits per heavy atom. The number of carbonyl (C=O) groups excluding carboxylic acids is 3. The van der Waals surface area contributed by atoms with Crippen LogP contribution in [0.1, 0.15) is 11.1 Å². The van der Waals surface area contributed by atoms with E-state index >= 15 is 0 Å². The molecule has 29 heavy (non-hydrogen) atoms. The van der Waals surface area contributed by atoms with Gasteiger partial charge in [0.25, 0.3) is 0 Å². The SMILES string of the molecule is COC(=O)[C@H](Cc1c(Cl)cccc1Cl)NC(=O)CNC(=O)OCc1ccccc1. The summed E-state index contributed by atoms with van der Waals surface area (Å²) in [6.07, 6.45) is -0.720. The van der Waals surface area contributed by atoms with Gasteiger partial charge in [-0.1, -0.05) is 59.6 Å². The quantitative estimate of drug-likeness (QED) is 0.617. The van der Waals surface area contributed by atoms with Gasteiger partial charge in [0, 0.05) is 16.5 Å². The van der Waals surface area contributed by atoms with E-state index < -0.39 is 24.0 Å². The number of halogens is 2. The highest BCUT2D eigenvalue weighted by Crippen LogP contribution is 2.25. The van der Waals surface area contributed by atoms with Gasteiger partial charge in [-0.25, -0.2) is 9.59 Å². The van der Waals surface area contributed by atoms with E-state index in [0.29, 0.717) is 15.6 Å². The number of rotatable bonds is 8. The van der Waals surface area contributed by atoms with Gasteiger partial charge in [-0.2, -0.15) is 0 Å². The number of amides is 2. The van der Waals surface area contributed by atoms with Gasteiger partial charge in [-0.3, -0.25) is 4.79 Å². The maximum atomic E-state index is 12.2. The lowest BCUT2D eigenvalue weighted by atomic mass is 10.1. The number of hydrogen-bond acceptors (Lipinski definition) is 5. The first-order chi connectivity index (χ1) is 13.9. The first-order valence-corrected chi connectivity index (χ1v) is 9.41. The zero-order valence-electron chi connectivity index (χ0n) is 15.6. The van der Waals surface area contributed by atoms with Crippen molar-refractivity contribution in [2.24, 2.45) is 0 Å². The second-order valence-electron chi connectivity index (χ2n) is 5.96. The molecule has 154 valence electrons. The molecule has 0 aliphatic carbocycles. The maximum absolute atomic E-state index is 12.2. The molecule has 0 aliphatic rings. The molecule has 9 heteroatoms. The van der Waals surface area contributed by atoms with Gasteiger partial charge < -0.3 is 20.1 Å². The summed E-state index contributed by atoms with van der Waals surface area (Å²) < 4.78 is 9.75. The average Bonchev–Trinajstić information content (AvgIpc) is 2.72. The number of ether oxygens (including phenoxy) is 2. The highest BCUT2D eigenvalue weighted by Gasteiger charge is 2.24. The molecule has 0 aliphatic heterocycles. The molecule has 0 bridgehead atoms. The molecule has 2 N–H and O–H groups in total. The highest BCUT2D eigenvalue weighted by atomic mass is 35.5. The van der Waals surface area contributed by atoms with Crippen molar-refractivity contribution in [3.8, 4) is 0 Å². The van der Waals surface area contributed by atoms with Crippen LogP contribution in [0, 0.1) is 0 Å². The van der Waals surface area contributed by atoms with Crippen molar-refractivity contribution < 1.29 is 23.9 Å². The number of alkyl carbamates (subject to hydrolysis) is 1. The van der Waals surface area contributed by atoms with Crippen molar-refractivity contribution >= 4 is 41.2 Å². The lowest BCUT2D eigenvalue weighted by Gasteiger charge is -2.18. The zero-order valence-corrected chi connectivity index (χ0v) is 17.1. The Kier molecular flexibility index (Phi) is 8.76. The molecular weight excluding hydrogens is 419 g/mol. The molecule has 0 fully saturated rings. The van der Waals surface area contributed by atoms with Crippen LogP contribution in [-0.2, 0) is 32.1 Å². The fourth-order valence-corrected chi connectivity index (χ4v) is 2.99. The van der Waals surface area contributed by atoms with E-state index in [4.69, 9.17) is 32.7 Å². The van der Waals surface area contributed by atoms with Crippen LogP contribution in [0.5, 0.6) is 0 Å².